The number of carbonyl (C=O) groups excluding carboxylic acids is 1. The molecule has 0 aliphatic carbocycles. The fourth-order valence-corrected chi connectivity index (χ4v) is 1.16. The van der Waals surface area contributed by atoms with Crippen LogP contribution in [0.25, 0.3) is 0 Å². The fraction of sp³-hybridized carbons (Fsp3) is 0.364. The lowest BCUT2D eigenvalue weighted by Crippen LogP contribution is -2.03. The van der Waals surface area contributed by atoms with Crippen LogP contribution in [0.2, 0.25) is 0 Å². The van der Waals surface area contributed by atoms with Gasteiger partial charge in [-0.15, -0.1) is 0 Å². The van der Waals surface area contributed by atoms with Crippen molar-refractivity contribution in [1.82, 2.24) is 4.90 Å². The molecule has 0 saturated carbocycles. The average Bonchev–Trinajstić information content (AvgIpc) is 2.42. The van der Waals surface area contributed by atoms with Gasteiger partial charge in [0.25, 0.3) is 0 Å². The molecule has 0 unspecified atom stereocenters. The maximum absolute atomic E-state index is 10.8. The van der Waals surface area contributed by atoms with Gasteiger partial charge in [0, 0.05) is 5.69 Å². The molecule has 2 rings (SSSR count). The molecule has 1 aromatic carbocycles. The number of hydrogen-bond donors (Lipinski definition) is 1. The van der Waals surface area contributed by atoms with Crippen LogP contribution in [0.15, 0.2) is 24.3 Å². The summed E-state index contributed by atoms with van der Waals surface area (Å²) in [5.41, 5.74) is 2.07. The number of carbonyl (C=O) groups is 1. The third-order valence-corrected chi connectivity index (χ3v) is 1.64. The van der Waals surface area contributed by atoms with Crippen LogP contribution in [0.3, 0.4) is 0 Å². The highest BCUT2D eigenvalue weighted by molar-refractivity contribution is 5.98. The fourth-order valence-electron chi connectivity index (χ4n) is 1.16. The van der Waals surface area contributed by atoms with E-state index >= 15 is 0 Å². The first-order chi connectivity index (χ1) is 6.59. The zero-order valence-corrected chi connectivity index (χ0v) is 8.87. The van der Waals surface area contributed by atoms with Crippen LogP contribution in [0.5, 0.6) is 0 Å². The molecule has 1 aliphatic rings. The van der Waals surface area contributed by atoms with Gasteiger partial charge in [0.15, 0.2) is 0 Å². The molecule has 3 nitrogen and oxygen atoms in total. The van der Waals surface area contributed by atoms with Crippen molar-refractivity contribution in [2.45, 2.75) is 6.42 Å². The van der Waals surface area contributed by atoms with Gasteiger partial charge < -0.3 is 10.2 Å². The van der Waals surface area contributed by atoms with Gasteiger partial charge in [-0.1, -0.05) is 18.2 Å². The topological polar surface area (TPSA) is 32.3 Å². The third-order valence-electron chi connectivity index (χ3n) is 1.64. The SMILES string of the molecule is CN(C)C.O=C1Cc2ccccc2N1. The minimum absolute atomic E-state index is 0.0983. The molecule has 1 aliphatic heterocycles. The van der Waals surface area contributed by atoms with E-state index in [1.165, 1.54) is 0 Å². The molecule has 1 heterocycles. The second kappa shape index (κ2) is 4.77. The zero-order chi connectivity index (χ0) is 10.6. The molecule has 0 atom stereocenters. The molecule has 0 spiro atoms. The van der Waals surface area contributed by atoms with Crippen molar-refractivity contribution < 1.29 is 4.79 Å². The summed E-state index contributed by atoms with van der Waals surface area (Å²) < 4.78 is 0. The Morgan fingerprint density at radius 1 is 1.21 bits per heavy atom. The first-order valence-electron chi connectivity index (χ1n) is 4.58. The van der Waals surface area contributed by atoms with Crippen molar-refractivity contribution in [3.05, 3.63) is 29.8 Å². The van der Waals surface area contributed by atoms with Crippen molar-refractivity contribution >= 4 is 11.6 Å². The van der Waals surface area contributed by atoms with Crippen LogP contribution < -0.4 is 5.32 Å². The van der Waals surface area contributed by atoms with Crippen LogP contribution in [0.1, 0.15) is 5.56 Å². The van der Waals surface area contributed by atoms with E-state index in [-0.39, 0.29) is 5.91 Å². The predicted molar refractivity (Wildman–Crippen MR) is 58.4 cm³/mol. The second-order valence-corrected chi connectivity index (χ2v) is 3.72. The van der Waals surface area contributed by atoms with E-state index in [4.69, 9.17) is 0 Å². The highest BCUT2D eigenvalue weighted by atomic mass is 16.1. The smallest absolute Gasteiger partial charge is 0.228 e. The Morgan fingerprint density at radius 2 is 1.79 bits per heavy atom. The monoisotopic (exact) mass is 192 g/mol. The summed E-state index contributed by atoms with van der Waals surface area (Å²) >= 11 is 0. The van der Waals surface area contributed by atoms with Gasteiger partial charge >= 0.3 is 0 Å². The molecular formula is C11H16N2O. The molecule has 1 aromatic rings. The number of rotatable bonds is 0. The molecule has 3 heteroatoms. The van der Waals surface area contributed by atoms with Crippen molar-refractivity contribution in [1.29, 1.82) is 0 Å². The Balaban J connectivity index is 0.000000213. The van der Waals surface area contributed by atoms with E-state index in [9.17, 15) is 4.79 Å². The van der Waals surface area contributed by atoms with E-state index in [1.807, 2.05) is 50.3 Å². The molecule has 0 aromatic heterocycles. The highest BCUT2D eigenvalue weighted by Crippen LogP contribution is 2.20. The standard InChI is InChI=1S/C8H7NO.C3H9N/c10-8-5-6-3-1-2-4-7(6)9-8;1-4(2)3/h1-4H,5H2,(H,9,10);1-3H3. The van der Waals surface area contributed by atoms with Crippen LogP contribution >= 0.6 is 0 Å². The maximum Gasteiger partial charge on any atom is 0.228 e. The van der Waals surface area contributed by atoms with Crippen LogP contribution in [0, 0.1) is 0 Å². The summed E-state index contributed by atoms with van der Waals surface area (Å²) in [5, 5.41) is 2.76. The number of hydrogen-bond acceptors (Lipinski definition) is 2. The van der Waals surface area contributed by atoms with Crippen LogP contribution in [-0.2, 0) is 11.2 Å². The number of fused-ring (bicyclic) bond motifs is 1. The number of anilines is 1. The summed E-state index contributed by atoms with van der Waals surface area (Å²) in [4.78, 5) is 12.8. The Kier molecular flexibility index (Phi) is 3.65. The van der Waals surface area contributed by atoms with E-state index in [2.05, 4.69) is 5.32 Å². The second-order valence-electron chi connectivity index (χ2n) is 3.72. The zero-order valence-electron chi connectivity index (χ0n) is 8.87. The lowest BCUT2D eigenvalue weighted by atomic mass is 10.2. The van der Waals surface area contributed by atoms with Crippen molar-refractivity contribution in [2.75, 3.05) is 26.5 Å². The molecule has 1 amide bonds. The van der Waals surface area contributed by atoms with Crippen molar-refractivity contribution in [3.63, 3.8) is 0 Å². The normalized spacial score (nSPS) is 13.0. The van der Waals surface area contributed by atoms with Gasteiger partial charge in [0.2, 0.25) is 5.91 Å². The maximum atomic E-state index is 10.8. The number of amides is 1. The lowest BCUT2D eigenvalue weighted by molar-refractivity contribution is -0.115. The number of nitrogens with one attached hydrogen (secondary N) is 1. The minimum Gasteiger partial charge on any atom is -0.326 e. The minimum atomic E-state index is 0.0983. The van der Waals surface area contributed by atoms with Gasteiger partial charge in [0.05, 0.1) is 6.42 Å². The largest absolute Gasteiger partial charge is 0.326 e. The van der Waals surface area contributed by atoms with Gasteiger partial charge in [-0.2, -0.15) is 0 Å². The summed E-state index contributed by atoms with van der Waals surface area (Å²) in [5.74, 6) is 0.0983. The number of benzene rings is 1. The number of para-hydroxylation sites is 1. The summed E-state index contributed by atoms with van der Waals surface area (Å²) in [7, 11) is 6.00. The van der Waals surface area contributed by atoms with Crippen molar-refractivity contribution in [2.24, 2.45) is 0 Å². The van der Waals surface area contributed by atoms with E-state index in [1.54, 1.807) is 0 Å². The quantitative estimate of drug-likeness (QED) is 0.673. The average molecular weight is 192 g/mol. The van der Waals surface area contributed by atoms with Gasteiger partial charge in [-0.05, 0) is 32.8 Å². The van der Waals surface area contributed by atoms with Crippen LogP contribution in [0.4, 0.5) is 5.69 Å². The lowest BCUT2D eigenvalue weighted by Gasteiger charge is -1.93. The van der Waals surface area contributed by atoms with E-state index in [0.29, 0.717) is 6.42 Å². The summed E-state index contributed by atoms with van der Waals surface area (Å²) in [6, 6.07) is 7.75. The van der Waals surface area contributed by atoms with Gasteiger partial charge in [0.1, 0.15) is 0 Å². The predicted octanol–water partition coefficient (Wildman–Crippen LogP) is 1.36. The third kappa shape index (κ3) is 3.18. The Bertz CT molecular complexity index is 291. The molecular weight excluding hydrogens is 176 g/mol. The first-order valence-corrected chi connectivity index (χ1v) is 4.58. The Hall–Kier alpha value is -1.35. The van der Waals surface area contributed by atoms with Gasteiger partial charge in [-0.3, -0.25) is 4.79 Å². The molecule has 1 N–H and O–H groups in total. The molecule has 0 radical (unpaired) electrons. The first kappa shape index (κ1) is 10.7. The highest BCUT2D eigenvalue weighted by Gasteiger charge is 2.15. The Morgan fingerprint density at radius 3 is 2.36 bits per heavy atom. The van der Waals surface area contributed by atoms with E-state index < -0.39 is 0 Å². The molecule has 14 heavy (non-hydrogen) atoms. The van der Waals surface area contributed by atoms with Crippen molar-refractivity contribution in [3.8, 4) is 0 Å². The molecule has 0 saturated heterocycles. The summed E-state index contributed by atoms with van der Waals surface area (Å²) in [6.45, 7) is 0. The molecule has 76 valence electrons. The number of nitrogens with zero attached hydrogens (tertiary/aromatic N) is 1. The van der Waals surface area contributed by atoms with Crippen LogP contribution in [-0.4, -0.2) is 32.0 Å². The van der Waals surface area contributed by atoms with E-state index in [0.717, 1.165) is 11.3 Å². The Labute approximate surface area is 84.7 Å². The molecule has 0 fully saturated rings. The molecule has 0 bridgehead atoms. The van der Waals surface area contributed by atoms with Gasteiger partial charge in [-0.25, -0.2) is 0 Å². The summed E-state index contributed by atoms with van der Waals surface area (Å²) in [6.07, 6.45) is 0.538.